The van der Waals surface area contributed by atoms with Gasteiger partial charge in [-0.3, -0.25) is 4.79 Å². The van der Waals surface area contributed by atoms with Gasteiger partial charge < -0.3 is 15.4 Å². The van der Waals surface area contributed by atoms with E-state index < -0.39 is 11.7 Å². The van der Waals surface area contributed by atoms with Crippen molar-refractivity contribution in [1.29, 1.82) is 0 Å². The molecule has 140 valence electrons. The Hall–Kier alpha value is -2.04. The lowest BCUT2D eigenvalue weighted by atomic mass is 10.0. The van der Waals surface area contributed by atoms with Crippen LogP contribution in [0.1, 0.15) is 53.0 Å². The van der Waals surface area contributed by atoms with Crippen molar-refractivity contribution in [3.05, 3.63) is 35.9 Å². The van der Waals surface area contributed by atoms with Gasteiger partial charge in [0, 0.05) is 13.0 Å². The van der Waals surface area contributed by atoms with Crippen LogP contribution >= 0.6 is 0 Å². The third-order valence-electron chi connectivity index (χ3n) is 3.74. The van der Waals surface area contributed by atoms with Crippen LogP contribution < -0.4 is 10.6 Å². The van der Waals surface area contributed by atoms with E-state index in [9.17, 15) is 9.59 Å². The van der Waals surface area contributed by atoms with Gasteiger partial charge in [0.05, 0.1) is 6.04 Å². The van der Waals surface area contributed by atoms with Crippen molar-refractivity contribution < 1.29 is 14.3 Å². The zero-order chi connectivity index (χ0) is 18.9. The summed E-state index contributed by atoms with van der Waals surface area (Å²) >= 11 is 0. The van der Waals surface area contributed by atoms with Crippen LogP contribution in [0.3, 0.4) is 0 Å². The van der Waals surface area contributed by atoms with Crippen LogP contribution in [0.25, 0.3) is 0 Å². The summed E-state index contributed by atoms with van der Waals surface area (Å²) in [6, 6.07) is 9.97. The molecule has 0 radical (unpaired) electrons. The Morgan fingerprint density at radius 1 is 1.12 bits per heavy atom. The smallest absolute Gasteiger partial charge is 0.407 e. The van der Waals surface area contributed by atoms with Crippen LogP contribution in [-0.2, 0) is 16.0 Å². The number of alkyl carbamates (subject to hydrolysis) is 1. The topological polar surface area (TPSA) is 67.4 Å². The molecule has 1 unspecified atom stereocenters. The zero-order valence-corrected chi connectivity index (χ0v) is 16.1. The van der Waals surface area contributed by atoms with Crippen molar-refractivity contribution in [1.82, 2.24) is 10.6 Å². The molecule has 0 aliphatic carbocycles. The quantitative estimate of drug-likeness (QED) is 0.753. The molecule has 0 heterocycles. The van der Waals surface area contributed by atoms with E-state index in [4.69, 9.17) is 4.74 Å². The lowest BCUT2D eigenvalue weighted by Crippen LogP contribution is -2.48. The number of aryl methyl sites for hydroxylation is 1. The first-order valence-electron chi connectivity index (χ1n) is 8.97. The number of rotatable bonds is 8. The predicted molar refractivity (Wildman–Crippen MR) is 100 cm³/mol. The summed E-state index contributed by atoms with van der Waals surface area (Å²) < 4.78 is 5.28. The van der Waals surface area contributed by atoms with Gasteiger partial charge in [-0.15, -0.1) is 0 Å². The Bertz CT molecular complexity index is 536. The van der Waals surface area contributed by atoms with Crippen molar-refractivity contribution in [2.75, 3.05) is 6.54 Å². The van der Waals surface area contributed by atoms with Crippen LogP contribution in [-0.4, -0.2) is 30.2 Å². The standard InChI is InChI=1S/C20H32N2O3/c1-15(2)17(22-19(24)25-20(3,4)5)14-21-18(23)13-9-12-16-10-7-6-8-11-16/h6-8,10-11,15,17H,9,12-14H2,1-5H3,(H,21,23)(H,22,24). The van der Waals surface area contributed by atoms with E-state index >= 15 is 0 Å². The molecule has 2 amide bonds. The van der Waals surface area contributed by atoms with Crippen molar-refractivity contribution >= 4 is 12.0 Å². The summed E-state index contributed by atoms with van der Waals surface area (Å²) in [6.07, 6.45) is 1.72. The van der Waals surface area contributed by atoms with Crippen LogP contribution in [0, 0.1) is 5.92 Å². The van der Waals surface area contributed by atoms with Gasteiger partial charge in [-0.2, -0.15) is 0 Å². The average molecular weight is 348 g/mol. The van der Waals surface area contributed by atoms with Gasteiger partial charge >= 0.3 is 6.09 Å². The number of ether oxygens (including phenoxy) is 1. The van der Waals surface area contributed by atoms with Crippen molar-refractivity contribution in [2.45, 2.75) is 65.5 Å². The minimum absolute atomic E-state index is 0.00701. The van der Waals surface area contributed by atoms with E-state index in [2.05, 4.69) is 22.8 Å². The molecule has 2 N–H and O–H groups in total. The minimum Gasteiger partial charge on any atom is -0.444 e. The summed E-state index contributed by atoms with van der Waals surface area (Å²) in [4.78, 5) is 23.9. The van der Waals surface area contributed by atoms with Gasteiger partial charge in [0.15, 0.2) is 0 Å². The van der Waals surface area contributed by atoms with Crippen molar-refractivity contribution in [2.24, 2.45) is 5.92 Å². The highest BCUT2D eigenvalue weighted by atomic mass is 16.6. The second kappa shape index (κ2) is 10.1. The lowest BCUT2D eigenvalue weighted by molar-refractivity contribution is -0.121. The Morgan fingerprint density at radius 3 is 2.32 bits per heavy atom. The number of carbonyl (C=O) groups excluding carboxylic acids is 2. The third-order valence-corrected chi connectivity index (χ3v) is 3.74. The van der Waals surface area contributed by atoms with E-state index in [1.165, 1.54) is 5.56 Å². The minimum atomic E-state index is -0.535. The molecular weight excluding hydrogens is 316 g/mol. The summed E-state index contributed by atoms with van der Waals surface area (Å²) in [7, 11) is 0. The van der Waals surface area contributed by atoms with Gasteiger partial charge in [0.1, 0.15) is 5.60 Å². The zero-order valence-electron chi connectivity index (χ0n) is 16.1. The highest BCUT2D eigenvalue weighted by Gasteiger charge is 2.21. The number of carbonyl (C=O) groups is 2. The van der Waals surface area contributed by atoms with Crippen LogP contribution in [0.5, 0.6) is 0 Å². The van der Waals surface area contributed by atoms with Crippen LogP contribution in [0.15, 0.2) is 30.3 Å². The van der Waals surface area contributed by atoms with Gasteiger partial charge in [-0.1, -0.05) is 44.2 Å². The number of amides is 2. The summed E-state index contributed by atoms with van der Waals surface area (Å²) in [5, 5.41) is 5.74. The molecule has 0 saturated heterocycles. The maximum Gasteiger partial charge on any atom is 0.407 e. The first kappa shape index (κ1) is 21.0. The maximum atomic E-state index is 12.0. The molecule has 0 aromatic heterocycles. The molecule has 0 bridgehead atoms. The molecule has 5 nitrogen and oxygen atoms in total. The van der Waals surface area contributed by atoms with E-state index in [0.717, 1.165) is 12.8 Å². The number of nitrogens with one attached hydrogen (secondary N) is 2. The molecule has 0 fully saturated rings. The van der Waals surface area contributed by atoms with Crippen molar-refractivity contribution in [3.63, 3.8) is 0 Å². The number of hydrogen-bond donors (Lipinski definition) is 2. The fourth-order valence-corrected chi connectivity index (χ4v) is 2.32. The Balaban J connectivity index is 2.33. The van der Waals surface area contributed by atoms with Crippen LogP contribution in [0.4, 0.5) is 4.79 Å². The summed E-state index contributed by atoms with van der Waals surface area (Å²) in [5.74, 6) is 0.199. The molecule has 1 aromatic carbocycles. The Morgan fingerprint density at radius 2 is 1.76 bits per heavy atom. The first-order chi connectivity index (χ1) is 11.7. The normalized spacial score (nSPS) is 12.6. The highest BCUT2D eigenvalue weighted by Crippen LogP contribution is 2.09. The first-order valence-corrected chi connectivity index (χ1v) is 8.97. The lowest BCUT2D eigenvalue weighted by Gasteiger charge is -2.26. The molecule has 0 aliphatic rings. The highest BCUT2D eigenvalue weighted by molar-refractivity contribution is 5.76. The number of hydrogen-bond acceptors (Lipinski definition) is 3. The van der Waals surface area contributed by atoms with E-state index in [-0.39, 0.29) is 17.9 Å². The van der Waals surface area contributed by atoms with E-state index in [0.29, 0.717) is 13.0 Å². The second-order valence-corrected chi connectivity index (χ2v) is 7.64. The second-order valence-electron chi connectivity index (χ2n) is 7.64. The molecule has 0 aliphatic heterocycles. The largest absolute Gasteiger partial charge is 0.444 e. The molecule has 0 saturated carbocycles. The van der Waals surface area contributed by atoms with E-state index in [1.807, 2.05) is 52.8 Å². The third kappa shape index (κ3) is 9.75. The van der Waals surface area contributed by atoms with E-state index in [1.54, 1.807) is 0 Å². The van der Waals surface area contributed by atoms with Crippen molar-refractivity contribution in [3.8, 4) is 0 Å². The monoisotopic (exact) mass is 348 g/mol. The fourth-order valence-electron chi connectivity index (χ4n) is 2.32. The summed E-state index contributed by atoms with van der Waals surface area (Å²) in [6.45, 7) is 9.89. The molecule has 1 aromatic rings. The molecule has 5 heteroatoms. The molecular formula is C20H32N2O3. The van der Waals surface area contributed by atoms with Gasteiger partial charge in [-0.05, 0) is 45.1 Å². The Kier molecular flexibility index (Phi) is 8.46. The average Bonchev–Trinajstić information content (AvgIpc) is 2.50. The molecule has 1 atom stereocenters. The van der Waals surface area contributed by atoms with Gasteiger partial charge in [0.25, 0.3) is 0 Å². The molecule has 0 spiro atoms. The fraction of sp³-hybridized carbons (Fsp3) is 0.600. The SMILES string of the molecule is CC(C)C(CNC(=O)CCCc1ccccc1)NC(=O)OC(C)(C)C. The summed E-state index contributed by atoms with van der Waals surface area (Å²) in [5.41, 5.74) is 0.702. The van der Waals surface area contributed by atoms with Gasteiger partial charge in [-0.25, -0.2) is 4.79 Å². The molecule has 1 rings (SSSR count). The molecule has 25 heavy (non-hydrogen) atoms. The maximum absolute atomic E-state index is 12.0. The van der Waals surface area contributed by atoms with Gasteiger partial charge in [0.2, 0.25) is 5.91 Å². The number of benzene rings is 1. The van der Waals surface area contributed by atoms with Crippen LogP contribution in [0.2, 0.25) is 0 Å². The Labute approximate surface area is 151 Å². The predicted octanol–water partition coefficient (Wildman–Crippen LogP) is 3.67.